The molecule has 3 atom stereocenters. The molecule has 1 amide bonds. The molecule has 1 N–H and O–H groups in total. The Hall–Kier alpha value is -1.43. The Morgan fingerprint density at radius 1 is 1.38 bits per heavy atom. The largest absolute Gasteiger partial charge is 0.393 e. The van der Waals surface area contributed by atoms with Gasteiger partial charge in [0.05, 0.1) is 25.7 Å². The molecular formula is C19H27NO4. The summed E-state index contributed by atoms with van der Waals surface area (Å²) in [6.07, 6.45) is 2.67. The minimum atomic E-state index is -0.359. The van der Waals surface area contributed by atoms with Gasteiger partial charge < -0.3 is 19.5 Å². The summed E-state index contributed by atoms with van der Waals surface area (Å²) in [4.78, 5) is 14.8. The molecule has 0 bridgehead atoms. The smallest absolute Gasteiger partial charge is 0.227 e. The van der Waals surface area contributed by atoms with E-state index in [9.17, 15) is 9.90 Å². The molecule has 2 aliphatic heterocycles. The van der Waals surface area contributed by atoms with Crippen molar-refractivity contribution in [1.29, 1.82) is 0 Å². The highest BCUT2D eigenvalue weighted by Crippen LogP contribution is 2.30. The van der Waals surface area contributed by atoms with Gasteiger partial charge in [0.15, 0.2) is 0 Å². The van der Waals surface area contributed by atoms with E-state index >= 15 is 0 Å². The second-order valence-corrected chi connectivity index (χ2v) is 6.82. The molecule has 0 spiro atoms. The van der Waals surface area contributed by atoms with Crippen molar-refractivity contribution in [3.8, 4) is 0 Å². The van der Waals surface area contributed by atoms with Crippen LogP contribution in [0.5, 0.6) is 0 Å². The summed E-state index contributed by atoms with van der Waals surface area (Å²) in [6.45, 7) is 2.51. The third-order valence-corrected chi connectivity index (χ3v) is 5.13. The minimum absolute atomic E-state index is 0.0463. The van der Waals surface area contributed by atoms with Crippen LogP contribution in [0.4, 0.5) is 0 Å². The van der Waals surface area contributed by atoms with E-state index in [4.69, 9.17) is 9.47 Å². The molecule has 0 saturated carbocycles. The number of aliphatic hydroxyl groups is 1. The molecule has 1 aromatic rings. The van der Waals surface area contributed by atoms with E-state index in [1.54, 1.807) is 7.11 Å². The second-order valence-electron chi connectivity index (χ2n) is 6.82. The van der Waals surface area contributed by atoms with Crippen molar-refractivity contribution >= 4 is 5.91 Å². The number of likely N-dealkylation sites (tertiary alicyclic amines) is 1. The fourth-order valence-electron chi connectivity index (χ4n) is 3.94. The molecule has 0 unspecified atom stereocenters. The lowest BCUT2D eigenvalue weighted by molar-refractivity contribution is -0.135. The number of hydrogen-bond acceptors (Lipinski definition) is 4. The van der Waals surface area contributed by atoms with E-state index in [-0.39, 0.29) is 24.0 Å². The fraction of sp³-hybridized carbons (Fsp3) is 0.632. The van der Waals surface area contributed by atoms with E-state index in [1.165, 1.54) is 0 Å². The fourth-order valence-corrected chi connectivity index (χ4v) is 3.94. The highest BCUT2D eigenvalue weighted by Gasteiger charge is 2.39. The summed E-state index contributed by atoms with van der Waals surface area (Å²) >= 11 is 0. The standard InChI is InChI=1S/C19H27NO4/c1-23-12-15-5-2-4-14(10-15)11-19(22)20-8-3-6-17(20)16-13-24-9-7-18(16)21/h2,4-5,10,16-18,21H,3,6-9,11-13H2,1H3/t16-,17-,18-/m1/s1. The highest BCUT2D eigenvalue weighted by molar-refractivity contribution is 5.79. The molecule has 2 saturated heterocycles. The quantitative estimate of drug-likeness (QED) is 0.892. The van der Waals surface area contributed by atoms with Crippen LogP contribution in [0.15, 0.2) is 24.3 Å². The number of rotatable bonds is 5. The third kappa shape index (κ3) is 3.97. The van der Waals surface area contributed by atoms with E-state index in [2.05, 4.69) is 0 Å². The second kappa shape index (κ2) is 8.10. The molecule has 24 heavy (non-hydrogen) atoms. The molecule has 5 heteroatoms. The summed E-state index contributed by atoms with van der Waals surface area (Å²) in [5, 5.41) is 10.3. The van der Waals surface area contributed by atoms with Crippen molar-refractivity contribution in [3.05, 3.63) is 35.4 Å². The molecule has 1 aromatic carbocycles. The zero-order valence-corrected chi connectivity index (χ0v) is 14.3. The maximum absolute atomic E-state index is 12.8. The minimum Gasteiger partial charge on any atom is -0.393 e. The molecule has 2 aliphatic rings. The van der Waals surface area contributed by atoms with Crippen LogP contribution >= 0.6 is 0 Å². The maximum Gasteiger partial charge on any atom is 0.227 e. The van der Waals surface area contributed by atoms with Crippen molar-refractivity contribution < 1.29 is 19.4 Å². The van der Waals surface area contributed by atoms with Gasteiger partial charge in [-0.25, -0.2) is 0 Å². The summed E-state index contributed by atoms with van der Waals surface area (Å²) in [5.74, 6) is 0.190. The lowest BCUT2D eigenvalue weighted by atomic mass is 9.89. The molecule has 0 radical (unpaired) electrons. The number of benzene rings is 1. The number of ether oxygens (including phenoxy) is 2. The van der Waals surface area contributed by atoms with Crippen LogP contribution in [0.1, 0.15) is 30.4 Å². The Bertz CT molecular complexity index is 562. The summed E-state index contributed by atoms with van der Waals surface area (Å²) in [6, 6.07) is 8.10. The summed E-state index contributed by atoms with van der Waals surface area (Å²) < 4.78 is 10.7. The van der Waals surface area contributed by atoms with Gasteiger partial charge in [-0.3, -0.25) is 4.79 Å². The SMILES string of the molecule is COCc1cccc(CC(=O)N2CCC[C@@H]2[C@H]2COCC[C@H]2O)c1. The number of aliphatic hydroxyl groups excluding tert-OH is 1. The monoisotopic (exact) mass is 333 g/mol. The van der Waals surface area contributed by atoms with E-state index in [0.717, 1.165) is 30.5 Å². The maximum atomic E-state index is 12.8. The van der Waals surface area contributed by atoms with Crippen molar-refractivity contribution in [2.45, 2.75) is 44.4 Å². The number of amides is 1. The number of methoxy groups -OCH3 is 1. The first-order chi connectivity index (χ1) is 11.7. The number of hydrogen-bond donors (Lipinski definition) is 1. The third-order valence-electron chi connectivity index (χ3n) is 5.13. The zero-order valence-electron chi connectivity index (χ0n) is 14.3. The predicted molar refractivity (Wildman–Crippen MR) is 90.5 cm³/mol. The van der Waals surface area contributed by atoms with Gasteiger partial charge in [-0.05, 0) is 30.4 Å². The summed E-state index contributed by atoms with van der Waals surface area (Å²) in [7, 11) is 1.67. The Kier molecular flexibility index (Phi) is 5.87. The van der Waals surface area contributed by atoms with Crippen molar-refractivity contribution in [3.63, 3.8) is 0 Å². The Balaban J connectivity index is 1.66. The van der Waals surface area contributed by atoms with Crippen LogP contribution in [-0.4, -0.2) is 54.9 Å². The van der Waals surface area contributed by atoms with E-state index < -0.39 is 0 Å². The van der Waals surface area contributed by atoms with Crippen LogP contribution in [0, 0.1) is 5.92 Å². The Labute approximate surface area is 143 Å². The average molecular weight is 333 g/mol. The topological polar surface area (TPSA) is 59.0 Å². The predicted octanol–water partition coefficient (Wildman–Crippen LogP) is 1.76. The molecule has 5 nitrogen and oxygen atoms in total. The van der Waals surface area contributed by atoms with Gasteiger partial charge in [0.1, 0.15) is 0 Å². The van der Waals surface area contributed by atoms with Crippen molar-refractivity contribution in [2.75, 3.05) is 26.9 Å². The molecule has 132 valence electrons. The first-order valence-electron chi connectivity index (χ1n) is 8.81. The Morgan fingerprint density at radius 3 is 3.00 bits per heavy atom. The molecule has 3 rings (SSSR count). The van der Waals surface area contributed by atoms with Gasteiger partial charge in [-0.15, -0.1) is 0 Å². The van der Waals surface area contributed by atoms with Gasteiger partial charge in [0.2, 0.25) is 5.91 Å². The van der Waals surface area contributed by atoms with Crippen LogP contribution in [-0.2, 0) is 27.3 Å². The molecule has 0 aliphatic carbocycles. The number of carbonyl (C=O) groups excluding carboxylic acids is 1. The highest BCUT2D eigenvalue weighted by atomic mass is 16.5. The van der Waals surface area contributed by atoms with Crippen molar-refractivity contribution in [2.24, 2.45) is 5.92 Å². The van der Waals surface area contributed by atoms with Gasteiger partial charge in [-0.2, -0.15) is 0 Å². The van der Waals surface area contributed by atoms with Gasteiger partial charge >= 0.3 is 0 Å². The van der Waals surface area contributed by atoms with Gasteiger partial charge in [0, 0.05) is 32.2 Å². The lowest BCUT2D eigenvalue weighted by Gasteiger charge is -2.37. The molecule has 0 aromatic heterocycles. The number of carbonyl (C=O) groups is 1. The lowest BCUT2D eigenvalue weighted by Crippen LogP contribution is -2.48. The van der Waals surface area contributed by atoms with Gasteiger partial charge in [-0.1, -0.05) is 24.3 Å². The van der Waals surface area contributed by atoms with E-state index in [1.807, 2.05) is 29.2 Å². The van der Waals surface area contributed by atoms with Crippen LogP contribution < -0.4 is 0 Å². The summed E-state index contributed by atoms with van der Waals surface area (Å²) in [5.41, 5.74) is 2.09. The average Bonchev–Trinajstić information content (AvgIpc) is 3.05. The molecule has 2 fully saturated rings. The van der Waals surface area contributed by atoms with Gasteiger partial charge in [0.25, 0.3) is 0 Å². The Morgan fingerprint density at radius 2 is 2.21 bits per heavy atom. The molecule has 2 heterocycles. The van der Waals surface area contributed by atoms with Crippen molar-refractivity contribution in [1.82, 2.24) is 4.90 Å². The normalized spacial score (nSPS) is 27.4. The van der Waals surface area contributed by atoms with E-state index in [0.29, 0.717) is 32.7 Å². The van der Waals surface area contributed by atoms with Crippen LogP contribution in [0.25, 0.3) is 0 Å². The molecular weight excluding hydrogens is 306 g/mol. The van der Waals surface area contributed by atoms with Crippen LogP contribution in [0.3, 0.4) is 0 Å². The number of nitrogens with zero attached hydrogens (tertiary/aromatic N) is 1. The first kappa shape index (κ1) is 17.4. The first-order valence-corrected chi connectivity index (χ1v) is 8.81. The zero-order chi connectivity index (χ0) is 16.9. The van der Waals surface area contributed by atoms with Crippen LogP contribution in [0.2, 0.25) is 0 Å².